The van der Waals surface area contributed by atoms with Gasteiger partial charge in [-0.1, -0.05) is 17.7 Å². The van der Waals surface area contributed by atoms with Crippen molar-refractivity contribution >= 4 is 62.3 Å². The van der Waals surface area contributed by atoms with Crippen molar-refractivity contribution in [2.75, 3.05) is 10.2 Å². The number of hydrogen-bond acceptors (Lipinski definition) is 7. The topological polar surface area (TPSA) is 118 Å². The number of carboxylic acid groups (broad SMARTS) is 1. The largest absolute Gasteiger partial charge is 0.486 e. The van der Waals surface area contributed by atoms with Crippen LogP contribution in [0.5, 0.6) is 5.75 Å². The lowest BCUT2D eigenvalue weighted by Gasteiger charge is -2.27. The van der Waals surface area contributed by atoms with E-state index in [-0.39, 0.29) is 23.0 Å². The highest BCUT2D eigenvalue weighted by Crippen LogP contribution is 2.45. The molecule has 0 saturated carbocycles. The lowest BCUT2D eigenvalue weighted by atomic mass is 10.2. The first-order chi connectivity index (χ1) is 15.0. The molecule has 0 spiro atoms. The summed E-state index contributed by atoms with van der Waals surface area (Å²) < 4.78 is 5.73. The molecule has 0 bridgehead atoms. The summed E-state index contributed by atoms with van der Waals surface area (Å²) in [5.41, 5.74) is 1.40. The number of nitrogens with one attached hydrogen (secondary N) is 1. The van der Waals surface area contributed by atoms with Crippen LogP contribution in [0.25, 0.3) is 10.2 Å². The van der Waals surface area contributed by atoms with Gasteiger partial charge in [0.25, 0.3) is 0 Å². The first kappa shape index (κ1) is 19.2. The molecular weight excluding hydrogens is 442 g/mol. The molecule has 2 N–H and O–H groups in total. The van der Waals surface area contributed by atoms with Gasteiger partial charge in [0.15, 0.2) is 5.82 Å². The number of thiophene rings is 1. The summed E-state index contributed by atoms with van der Waals surface area (Å²) in [5, 5.41) is 12.8. The number of rotatable bonds is 5. The number of amides is 2. The number of aromatic carboxylic acids is 1. The van der Waals surface area contributed by atoms with E-state index in [0.29, 0.717) is 26.7 Å². The van der Waals surface area contributed by atoms with E-state index in [2.05, 4.69) is 20.3 Å². The zero-order valence-electron chi connectivity index (χ0n) is 15.6. The summed E-state index contributed by atoms with van der Waals surface area (Å²) in [7, 11) is 0. The maximum absolute atomic E-state index is 12.9. The predicted molar refractivity (Wildman–Crippen MR) is 116 cm³/mol. The summed E-state index contributed by atoms with van der Waals surface area (Å²) in [6.07, 6.45) is 2.97. The second-order valence-electron chi connectivity index (χ2n) is 6.48. The highest BCUT2D eigenvalue weighted by Gasteiger charge is 2.34. The smallest absolute Gasteiger partial charge is 0.348 e. The van der Waals surface area contributed by atoms with Crippen LogP contribution >= 0.6 is 22.9 Å². The molecule has 154 valence electrons. The van der Waals surface area contributed by atoms with Crippen LogP contribution in [0.3, 0.4) is 0 Å². The molecule has 9 nitrogen and oxygen atoms in total. The van der Waals surface area contributed by atoms with Gasteiger partial charge in [-0.3, -0.25) is 4.98 Å². The van der Waals surface area contributed by atoms with Crippen molar-refractivity contribution in [1.29, 1.82) is 0 Å². The summed E-state index contributed by atoms with van der Waals surface area (Å²) >= 11 is 7.38. The van der Waals surface area contributed by atoms with Gasteiger partial charge in [-0.15, -0.1) is 11.3 Å². The first-order valence-electron chi connectivity index (χ1n) is 8.97. The van der Waals surface area contributed by atoms with Crippen molar-refractivity contribution in [2.45, 2.75) is 6.61 Å². The molecule has 1 aromatic carbocycles. The van der Waals surface area contributed by atoms with E-state index in [0.717, 1.165) is 17.0 Å². The van der Waals surface area contributed by atoms with Crippen LogP contribution in [-0.2, 0) is 6.61 Å². The van der Waals surface area contributed by atoms with E-state index in [1.807, 2.05) is 18.2 Å². The number of carbonyl (C=O) groups excluding carboxylic acids is 1. The van der Waals surface area contributed by atoms with Crippen molar-refractivity contribution in [3.8, 4) is 5.75 Å². The second kappa shape index (κ2) is 7.49. The molecule has 1 aliphatic heterocycles. The highest BCUT2D eigenvalue weighted by molar-refractivity contribution is 7.21. The number of nitrogens with zero attached hydrogens (tertiary/aromatic N) is 4. The fourth-order valence-electron chi connectivity index (χ4n) is 3.24. The first-order valence-corrected chi connectivity index (χ1v) is 10.2. The normalized spacial score (nSPS) is 12.7. The molecule has 1 aliphatic rings. The van der Waals surface area contributed by atoms with Gasteiger partial charge in [-0.2, -0.15) is 0 Å². The predicted octanol–water partition coefficient (Wildman–Crippen LogP) is 4.70. The maximum atomic E-state index is 12.9. The Kier molecular flexibility index (Phi) is 4.64. The Hall–Kier alpha value is -3.76. The molecule has 11 heteroatoms. The Balaban J connectivity index is 1.51. The average Bonchev–Trinajstić information content (AvgIpc) is 3.14. The molecular formula is C20H12ClN5O4S. The van der Waals surface area contributed by atoms with Gasteiger partial charge >= 0.3 is 12.0 Å². The number of carbonyl (C=O) groups is 2. The van der Waals surface area contributed by atoms with E-state index in [1.165, 1.54) is 11.2 Å². The van der Waals surface area contributed by atoms with E-state index in [9.17, 15) is 14.7 Å². The standard InChI is InChI=1S/C20H12ClN5O4S/c21-12-7-11(4-5-13(12)30-8-10-3-1-2-6-22-10)26-17-14-15(25-20(26)29)16(19(27)28)31-18(14)24-9-23-17/h1-7,9H,8H2,(H,25,29)(H,27,28). The zero-order valence-corrected chi connectivity index (χ0v) is 17.1. The van der Waals surface area contributed by atoms with Crippen LogP contribution in [0.2, 0.25) is 5.02 Å². The quantitative estimate of drug-likeness (QED) is 0.449. The number of aromatic nitrogens is 3. The lowest BCUT2D eigenvalue weighted by molar-refractivity contribution is 0.0703. The minimum Gasteiger partial charge on any atom is -0.486 e. The molecule has 0 unspecified atom stereocenters. The molecule has 4 heterocycles. The Morgan fingerprint density at radius 3 is 2.84 bits per heavy atom. The summed E-state index contributed by atoms with van der Waals surface area (Å²) in [4.78, 5) is 38.8. The molecule has 0 fully saturated rings. The number of pyridine rings is 1. The van der Waals surface area contributed by atoms with Crippen LogP contribution in [0.4, 0.5) is 22.0 Å². The lowest BCUT2D eigenvalue weighted by Crippen LogP contribution is -2.34. The van der Waals surface area contributed by atoms with E-state index in [4.69, 9.17) is 16.3 Å². The average molecular weight is 454 g/mol. The van der Waals surface area contributed by atoms with Crippen molar-refractivity contribution < 1.29 is 19.4 Å². The Morgan fingerprint density at radius 2 is 2.10 bits per heavy atom. The van der Waals surface area contributed by atoms with E-state index in [1.54, 1.807) is 24.4 Å². The van der Waals surface area contributed by atoms with Gasteiger partial charge in [-0.05, 0) is 30.3 Å². The molecule has 0 aliphatic carbocycles. The summed E-state index contributed by atoms with van der Waals surface area (Å²) in [6, 6.07) is 9.87. The van der Waals surface area contributed by atoms with Crippen molar-refractivity contribution in [2.24, 2.45) is 0 Å². The third kappa shape index (κ3) is 3.31. The van der Waals surface area contributed by atoms with Crippen LogP contribution in [0, 0.1) is 0 Å². The Labute approximate surface area is 183 Å². The minimum absolute atomic E-state index is 0.000974. The zero-order chi connectivity index (χ0) is 21.5. The highest BCUT2D eigenvalue weighted by atomic mass is 35.5. The third-order valence-electron chi connectivity index (χ3n) is 4.58. The van der Waals surface area contributed by atoms with Crippen LogP contribution in [0.1, 0.15) is 15.4 Å². The molecule has 0 saturated heterocycles. The summed E-state index contributed by atoms with van der Waals surface area (Å²) in [6.45, 7) is 0.243. The van der Waals surface area contributed by atoms with Gasteiger partial charge in [-0.25, -0.2) is 24.5 Å². The van der Waals surface area contributed by atoms with E-state index >= 15 is 0 Å². The number of anilines is 3. The van der Waals surface area contributed by atoms with Gasteiger partial charge in [0.1, 0.15) is 28.4 Å². The third-order valence-corrected chi connectivity index (χ3v) is 5.97. The molecule has 31 heavy (non-hydrogen) atoms. The Bertz CT molecular complexity index is 1340. The molecule has 0 atom stereocenters. The number of halogens is 1. The van der Waals surface area contributed by atoms with Crippen molar-refractivity contribution in [1.82, 2.24) is 15.0 Å². The summed E-state index contributed by atoms with van der Waals surface area (Å²) in [5.74, 6) is -0.424. The molecule has 4 aromatic rings. The van der Waals surface area contributed by atoms with Crippen molar-refractivity contribution in [3.05, 3.63) is 64.5 Å². The number of ether oxygens (including phenoxy) is 1. The number of benzene rings is 1. The SMILES string of the molecule is O=C(O)c1sc2ncnc3c2c1NC(=O)N3c1ccc(OCc2ccccn2)c(Cl)c1. The number of urea groups is 1. The van der Waals surface area contributed by atoms with E-state index < -0.39 is 12.0 Å². The van der Waals surface area contributed by atoms with Gasteiger partial charge < -0.3 is 15.2 Å². The molecule has 3 aromatic heterocycles. The second-order valence-corrected chi connectivity index (χ2v) is 7.89. The fourth-order valence-corrected chi connectivity index (χ4v) is 4.40. The van der Waals surface area contributed by atoms with Crippen LogP contribution < -0.4 is 15.0 Å². The minimum atomic E-state index is -1.14. The Morgan fingerprint density at radius 1 is 1.23 bits per heavy atom. The molecule has 2 amide bonds. The molecule has 0 radical (unpaired) electrons. The van der Waals surface area contributed by atoms with Crippen LogP contribution in [-0.4, -0.2) is 32.1 Å². The van der Waals surface area contributed by atoms with Gasteiger partial charge in [0.2, 0.25) is 0 Å². The van der Waals surface area contributed by atoms with Crippen LogP contribution in [0.15, 0.2) is 48.9 Å². The fraction of sp³-hybridized carbons (Fsp3) is 0.0500. The van der Waals surface area contributed by atoms with Crippen molar-refractivity contribution in [3.63, 3.8) is 0 Å². The maximum Gasteiger partial charge on any atom is 0.348 e. The van der Waals surface area contributed by atoms with Gasteiger partial charge in [0.05, 0.1) is 27.5 Å². The number of hydrogen-bond donors (Lipinski definition) is 2. The number of carboxylic acids is 1. The molecule has 5 rings (SSSR count). The van der Waals surface area contributed by atoms with Gasteiger partial charge in [0, 0.05) is 6.20 Å². The monoisotopic (exact) mass is 453 g/mol.